The third-order valence-electron chi connectivity index (χ3n) is 4.84. The fraction of sp³-hybridized carbons (Fsp3) is 0.500. The van der Waals surface area contributed by atoms with Crippen LogP contribution in [0.5, 0.6) is 0 Å². The molecule has 1 aromatic carbocycles. The molecule has 1 N–H and O–H groups in total. The third kappa shape index (κ3) is 4.48. The van der Waals surface area contributed by atoms with Crippen LogP contribution in [0, 0.1) is 19.8 Å². The molecule has 5 heteroatoms. The average molecular weight is 341 g/mol. The van der Waals surface area contributed by atoms with Gasteiger partial charge < -0.3 is 10.1 Å². The van der Waals surface area contributed by atoms with Crippen LogP contribution >= 0.6 is 0 Å². The molecular weight excluding hydrogens is 314 g/mol. The molecule has 1 aliphatic heterocycles. The monoisotopic (exact) mass is 341 g/mol. The summed E-state index contributed by atoms with van der Waals surface area (Å²) in [5.74, 6) is 0.580. The molecule has 0 bridgehead atoms. The van der Waals surface area contributed by atoms with Gasteiger partial charge in [-0.3, -0.25) is 4.79 Å². The lowest BCUT2D eigenvalue weighted by Crippen LogP contribution is -2.30. The SMILES string of the molecule is Cc1cc(C)n(-c2ccc(C(C)NC(=O)CC3CCOCC3)cc2)n1. The van der Waals surface area contributed by atoms with Gasteiger partial charge in [-0.05, 0) is 63.3 Å². The second-order valence-electron chi connectivity index (χ2n) is 6.98. The molecule has 1 aliphatic rings. The molecule has 0 saturated carbocycles. The van der Waals surface area contributed by atoms with Gasteiger partial charge >= 0.3 is 0 Å². The highest BCUT2D eigenvalue weighted by Gasteiger charge is 2.18. The first-order valence-corrected chi connectivity index (χ1v) is 9.03. The number of nitrogens with zero attached hydrogens (tertiary/aromatic N) is 2. The quantitative estimate of drug-likeness (QED) is 0.906. The van der Waals surface area contributed by atoms with Gasteiger partial charge in [-0.1, -0.05) is 12.1 Å². The molecule has 1 aromatic heterocycles. The molecule has 0 radical (unpaired) electrons. The second kappa shape index (κ2) is 7.83. The summed E-state index contributed by atoms with van der Waals surface area (Å²) in [5, 5.41) is 7.62. The second-order valence-corrected chi connectivity index (χ2v) is 6.98. The van der Waals surface area contributed by atoms with Crippen molar-refractivity contribution in [2.24, 2.45) is 5.92 Å². The highest BCUT2D eigenvalue weighted by atomic mass is 16.5. The molecular formula is C20H27N3O2. The van der Waals surface area contributed by atoms with Crippen LogP contribution in [-0.4, -0.2) is 28.9 Å². The van der Waals surface area contributed by atoms with E-state index in [-0.39, 0.29) is 11.9 Å². The fourth-order valence-corrected chi connectivity index (χ4v) is 3.39. The Morgan fingerprint density at radius 1 is 1.28 bits per heavy atom. The molecule has 0 aliphatic carbocycles. The van der Waals surface area contributed by atoms with Crippen LogP contribution in [0.15, 0.2) is 30.3 Å². The van der Waals surface area contributed by atoms with Crippen molar-refractivity contribution in [3.05, 3.63) is 47.3 Å². The number of ether oxygens (including phenoxy) is 1. The van der Waals surface area contributed by atoms with Crippen molar-refractivity contribution in [2.45, 2.75) is 46.1 Å². The number of aromatic nitrogens is 2. The average Bonchev–Trinajstić information content (AvgIpc) is 2.94. The Labute approximate surface area is 149 Å². The van der Waals surface area contributed by atoms with Crippen LogP contribution < -0.4 is 5.32 Å². The highest BCUT2D eigenvalue weighted by Crippen LogP contribution is 2.20. The number of hydrogen-bond acceptors (Lipinski definition) is 3. The molecule has 1 saturated heterocycles. The fourth-order valence-electron chi connectivity index (χ4n) is 3.39. The summed E-state index contributed by atoms with van der Waals surface area (Å²) in [6, 6.07) is 10.3. The maximum atomic E-state index is 12.3. The standard InChI is InChI=1S/C20H27N3O2/c1-14-12-15(2)23(22-14)19-6-4-18(5-7-19)16(3)21-20(24)13-17-8-10-25-11-9-17/h4-7,12,16-17H,8-11,13H2,1-3H3,(H,21,24). The van der Waals surface area contributed by atoms with E-state index in [1.54, 1.807) is 0 Å². The van der Waals surface area contributed by atoms with Crippen molar-refractivity contribution in [3.63, 3.8) is 0 Å². The number of rotatable bonds is 5. The molecule has 2 aromatic rings. The van der Waals surface area contributed by atoms with Crippen LogP contribution in [-0.2, 0) is 9.53 Å². The Balaban J connectivity index is 1.59. The Kier molecular flexibility index (Phi) is 5.53. The van der Waals surface area contributed by atoms with Crippen LogP contribution in [0.2, 0.25) is 0 Å². The van der Waals surface area contributed by atoms with Crippen molar-refractivity contribution < 1.29 is 9.53 Å². The van der Waals surface area contributed by atoms with Crippen molar-refractivity contribution in [1.82, 2.24) is 15.1 Å². The van der Waals surface area contributed by atoms with E-state index in [1.807, 2.05) is 25.5 Å². The van der Waals surface area contributed by atoms with Gasteiger partial charge in [0, 0.05) is 25.3 Å². The van der Waals surface area contributed by atoms with Gasteiger partial charge in [-0.2, -0.15) is 5.10 Å². The van der Waals surface area contributed by atoms with Crippen LogP contribution in [0.4, 0.5) is 0 Å². The molecule has 1 atom stereocenters. The lowest BCUT2D eigenvalue weighted by atomic mass is 9.96. The highest BCUT2D eigenvalue weighted by molar-refractivity contribution is 5.76. The predicted octanol–water partition coefficient (Wildman–Crippen LogP) is 3.48. The number of carbonyl (C=O) groups excluding carboxylic acids is 1. The zero-order valence-corrected chi connectivity index (χ0v) is 15.3. The predicted molar refractivity (Wildman–Crippen MR) is 97.8 cm³/mol. The van der Waals surface area contributed by atoms with Gasteiger partial charge in [0.05, 0.1) is 17.4 Å². The Morgan fingerprint density at radius 3 is 2.56 bits per heavy atom. The van der Waals surface area contributed by atoms with Gasteiger partial charge in [0.15, 0.2) is 0 Å². The Morgan fingerprint density at radius 2 is 1.96 bits per heavy atom. The van der Waals surface area contributed by atoms with E-state index in [4.69, 9.17) is 4.74 Å². The van der Waals surface area contributed by atoms with E-state index in [2.05, 4.69) is 40.7 Å². The zero-order chi connectivity index (χ0) is 17.8. The number of nitrogens with one attached hydrogen (secondary N) is 1. The molecule has 3 rings (SSSR count). The minimum absolute atomic E-state index is 0.00171. The van der Waals surface area contributed by atoms with Crippen molar-refractivity contribution in [3.8, 4) is 5.69 Å². The van der Waals surface area contributed by atoms with E-state index in [9.17, 15) is 4.79 Å². The Bertz CT molecular complexity index is 715. The third-order valence-corrected chi connectivity index (χ3v) is 4.84. The minimum Gasteiger partial charge on any atom is -0.381 e. The largest absolute Gasteiger partial charge is 0.381 e. The molecule has 2 heterocycles. The number of hydrogen-bond donors (Lipinski definition) is 1. The lowest BCUT2D eigenvalue weighted by Gasteiger charge is -2.22. The molecule has 25 heavy (non-hydrogen) atoms. The Hall–Kier alpha value is -2.14. The van der Waals surface area contributed by atoms with E-state index in [0.29, 0.717) is 12.3 Å². The van der Waals surface area contributed by atoms with Crippen LogP contribution in [0.3, 0.4) is 0 Å². The summed E-state index contributed by atoms with van der Waals surface area (Å²) in [5.41, 5.74) is 4.26. The molecule has 1 unspecified atom stereocenters. The molecule has 0 spiro atoms. The van der Waals surface area contributed by atoms with Gasteiger partial charge in [-0.15, -0.1) is 0 Å². The summed E-state index contributed by atoms with van der Waals surface area (Å²) in [6.45, 7) is 7.63. The molecule has 1 fully saturated rings. The first-order valence-electron chi connectivity index (χ1n) is 9.03. The molecule has 5 nitrogen and oxygen atoms in total. The summed E-state index contributed by atoms with van der Waals surface area (Å²) >= 11 is 0. The van der Waals surface area contributed by atoms with E-state index in [0.717, 1.165) is 48.7 Å². The van der Waals surface area contributed by atoms with Gasteiger partial charge in [0.2, 0.25) is 5.91 Å². The van der Waals surface area contributed by atoms with Gasteiger partial charge in [0.25, 0.3) is 0 Å². The summed E-state index contributed by atoms with van der Waals surface area (Å²) in [6.07, 6.45) is 2.57. The van der Waals surface area contributed by atoms with Gasteiger partial charge in [0.1, 0.15) is 0 Å². The van der Waals surface area contributed by atoms with E-state index >= 15 is 0 Å². The number of aryl methyl sites for hydroxylation is 2. The minimum atomic E-state index is 0.00171. The molecule has 134 valence electrons. The number of amides is 1. The van der Waals surface area contributed by atoms with Gasteiger partial charge in [-0.25, -0.2) is 4.68 Å². The lowest BCUT2D eigenvalue weighted by molar-refractivity contribution is -0.123. The summed E-state index contributed by atoms with van der Waals surface area (Å²) in [4.78, 5) is 12.3. The van der Waals surface area contributed by atoms with Crippen LogP contribution in [0.1, 0.15) is 49.2 Å². The molecule has 1 amide bonds. The maximum Gasteiger partial charge on any atom is 0.220 e. The summed E-state index contributed by atoms with van der Waals surface area (Å²) in [7, 11) is 0. The smallest absolute Gasteiger partial charge is 0.220 e. The number of benzene rings is 1. The van der Waals surface area contributed by atoms with Crippen molar-refractivity contribution in [1.29, 1.82) is 0 Å². The van der Waals surface area contributed by atoms with E-state index in [1.165, 1.54) is 0 Å². The number of carbonyl (C=O) groups is 1. The normalized spacial score (nSPS) is 16.6. The maximum absolute atomic E-state index is 12.3. The van der Waals surface area contributed by atoms with Crippen LogP contribution in [0.25, 0.3) is 5.69 Å². The summed E-state index contributed by atoms with van der Waals surface area (Å²) < 4.78 is 7.29. The zero-order valence-electron chi connectivity index (χ0n) is 15.3. The van der Waals surface area contributed by atoms with Crippen molar-refractivity contribution in [2.75, 3.05) is 13.2 Å². The first kappa shape index (κ1) is 17.7. The van der Waals surface area contributed by atoms with E-state index < -0.39 is 0 Å². The van der Waals surface area contributed by atoms with Crippen molar-refractivity contribution >= 4 is 5.91 Å². The topological polar surface area (TPSA) is 56.2 Å². The first-order chi connectivity index (χ1) is 12.0.